The second-order valence-corrected chi connectivity index (χ2v) is 15.2. The molecule has 0 fully saturated rings. The number of aromatic nitrogens is 1. The molecule has 0 aliphatic carbocycles. The molecule has 10 aromatic carbocycles. The smallest absolute Gasteiger partial charge is 0.143 e. The van der Waals surface area contributed by atoms with Crippen molar-refractivity contribution in [3.05, 3.63) is 218 Å². The van der Waals surface area contributed by atoms with E-state index in [9.17, 15) is 0 Å². The summed E-state index contributed by atoms with van der Waals surface area (Å²) in [7, 11) is 0. The van der Waals surface area contributed by atoms with Crippen molar-refractivity contribution < 1.29 is 4.42 Å². The number of hydrogen-bond acceptors (Lipinski definition) is 2. The molecule has 2 heterocycles. The number of fused-ring (bicyclic) bond motifs is 9. The van der Waals surface area contributed by atoms with Gasteiger partial charge in [0.2, 0.25) is 0 Å². The zero-order valence-corrected chi connectivity index (χ0v) is 32.1. The molecular formula is C56H36N2O. The predicted octanol–water partition coefficient (Wildman–Crippen LogP) is 15.8. The summed E-state index contributed by atoms with van der Waals surface area (Å²) in [5.41, 5.74) is 13.1. The van der Waals surface area contributed by atoms with Crippen molar-refractivity contribution in [3.63, 3.8) is 0 Å². The third-order valence-electron chi connectivity index (χ3n) is 12.0. The highest BCUT2D eigenvalue weighted by molar-refractivity contribution is 6.20. The van der Waals surface area contributed by atoms with Crippen molar-refractivity contribution in [3.8, 4) is 27.9 Å². The topological polar surface area (TPSA) is 21.3 Å². The summed E-state index contributed by atoms with van der Waals surface area (Å²) in [5, 5.41) is 9.46. The van der Waals surface area contributed by atoms with Crippen LogP contribution in [0.2, 0.25) is 0 Å². The first kappa shape index (κ1) is 33.3. The molecule has 0 aliphatic heterocycles. The van der Waals surface area contributed by atoms with Crippen LogP contribution in [0.1, 0.15) is 0 Å². The number of benzene rings is 10. The molecule has 0 radical (unpaired) electrons. The minimum Gasteiger partial charge on any atom is -0.455 e. The molecule has 0 bridgehead atoms. The molecule has 12 rings (SSSR count). The standard InChI is InChI=1S/C56H36N2O/c1-3-18-41-37(15-1)17-13-23-42(41)39-31-34-40(35-32-39)57(52-28-11-12-29-53(52)58-50-26-9-5-20-44(50)45-21-6-10-27-51(45)58)49-25-8-7-22-46(49)47-24-14-30-54-55(47)48-36-33-38-16-2-4-19-43(38)56(48)59-54/h1-36H. The van der Waals surface area contributed by atoms with E-state index in [0.717, 1.165) is 61.2 Å². The van der Waals surface area contributed by atoms with Crippen molar-refractivity contribution in [1.82, 2.24) is 4.57 Å². The average molecular weight is 753 g/mol. The summed E-state index contributed by atoms with van der Waals surface area (Å²) in [6.07, 6.45) is 0. The Kier molecular flexibility index (Phi) is 7.54. The Bertz CT molecular complexity index is 3510. The third-order valence-corrected chi connectivity index (χ3v) is 12.0. The van der Waals surface area contributed by atoms with Crippen LogP contribution in [0.25, 0.3) is 93.2 Å². The highest BCUT2D eigenvalue weighted by Gasteiger charge is 2.24. The summed E-state index contributed by atoms with van der Waals surface area (Å²) in [5.74, 6) is 0. The Morgan fingerprint density at radius 1 is 0.356 bits per heavy atom. The molecule has 3 nitrogen and oxygen atoms in total. The van der Waals surface area contributed by atoms with E-state index in [0.29, 0.717) is 0 Å². The van der Waals surface area contributed by atoms with Crippen LogP contribution in [0.4, 0.5) is 17.1 Å². The highest BCUT2D eigenvalue weighted by atomic mass is 16.3. The fraction of sp³-hybridized carbons (Fsp3) is 0. The molecule has 0 aliphatic rings. The van der Waals surface area contributed by atoms with Gasteiger partial charge in [-0.3, -0.25) is 0 Å². The number of anilines is 3. The molecular weight excluding hydrogens is 717 g/mol. The first-order valence-corrected chi connectivity index (χ1v) is 20.2. The molecule has 0 N–H and O–H groups in total. The van der Waals surface area contributed by atoms with Crippen molar-refractivity contribution >= 4 is 82.4 Å². The number of furan rings is 1. The molecule has 59 heavy (non-hydrogen) atoms. The van der Waals surface area contributed by atoms with Crippen LogP contribution in [-0.4, -0.2) is 4.57 Å². The van der Waals surface area contributed by atoms with E-state index in [-0.39, 0.29) is 0 Å². The maximum Gasteiger partial charge on any atom is 0.143 e. The lowest BCUT2D eigenvalue weighted by Crippen LogP contribution is -2.14. The predicted molar refractivity (Wildman–Crippen MR) is 249 cm³/mol. The lowest BCUT2D eigenvalue weighted by Gasteiger charge is -2.30. The van der Waals surface area contributed by atoms with Crippen molar-refractivity contribution in [1.29, 1.82) is 0 Å². The van der Waals surface area contributed by atoms with Crippen LogP contribution in [0.5, 0.6) is 0 Å². The van der Waals surface area contributed by atoms with Gasteiger partial charge in [0.15, 0.2) is 0 Å². The van der Waals surface area contributed by atoms with Crippen LogP contribution in [0, 0.1) is 0 Å². The molecule has 0 atom stereocenters. The van der Waals surface area contributed by atoms with Gasteiger partial charge in [-0.1, -0.05) is 164 Å². The van der Waals surface area contributed by atoms with Gasteiger partial charge < -0.3 is 13.9 Å². The highest BCUT2D eigenvalue weighted by Crippen LogP contribution is 2.48. The summed E-state index contributed by atoms with van der Waals surface area (Å²) < 4.78 is 9.14. The van der Waals surface area contributed by atoms with Gasteiger partial charge in [0.1, 0.15) is 11.2 Å². The molecule has 0 amide bonds. The Labute approximate surface area is 341 Å². The molecule has 0 saturated carbocycles. The van der Waals surface area contributed by atoms with Gasteiger partial charge in [0.25, 0.3) is 0 Å². The van der Waals surface area contributed by atoms with Gasteiger partial charge >= 0.3 is 0 Å². The van der Waals surface area contributed by atoms with Gasteiger partial charge in [0.05, 0.1) is 28.1 Å². The van der Waals surface area contributed by atoms with E-state index < -0.39 is 0 Å². The second kappa shape index (κ2) is 13.4. The number of rotatable bonds is 6. The largest absolute Gasteiger partial charge is 0.455 e. The van der Waals surface area contributed by atoms with E-state index in [4.69, 9.17) is 4.42 Å². The van der Waals surface area contributed by atoms with E-state index in [1.165, 1.54) is 49.1 Å². The fourth-order valence-electron chi connectivity index (χ4n) is 9.37. The Balaban J connectivity index is 1.12. The summed E-state index contributed by atoms with van der Waals surface area (Å²) in [4.78, 5) is 2.44. The van der Waals surface area contributed by atoms with Crippen LogP contribution in [0.3, 0.4) is 0 Å². The monoisotopic (exact) mass is 752 g/mol. The van der Waals surface area contributed by atoms with Crippen molar-refractivity contribution in [2.75, 3.05) is 4.90 Å². The number of nitrogens with zero attached hydrogens (tertiary/aromatic N) is 2. The maximum atomic E-state index is 6.72. The minimum absolute atomic E-state index is 0.875. The zero-order chi connectivity index (χ0) is 38.9. The van der Waals surface area contributed by atoms with Crippen molar-refractivity contribution in [2.45, 2.75) is 0 Å². The molecule has 0 saturated heterocycles. The molecule has 3 heteroatoms. The summed E-state index contributed by atoms with van der Waals surface area (Å²) in [6.45, 7) is 0. The Morgan fingerprint density at radius 3 is 1.69 bits per heavy atom. The molecule has 12 aromatic rings. The van der Waals surface area contributed by atoms with Gasteiger partial charge in [0, 0.05) is 38.2 Å². The van der Waals surface area contributed by atoms with Gasteiger partial charge in [-0.05, 0) is 87.4 Å². The molecule has 276 valence electrons. The van der Waals surface area contributed by atoms with Crippen LogP contribution >= 0.6 is 0 Å². The SMILES string of the molecule is c1ccc(N(c2ccc(-c3cccc4ccccc34)cc2)c2ccccc2-n2c3ccccc3c3ccccc32)c(-c2cccc3oc4c5ccccc5ccc4c23)c1. The van der Waals surface area contributed by atoms with E-state index in [2.05, 4.69) is 228 Å². The second-order valence-electron chi connectivity index (χ2n) is 15.2. The van der Waals surface area contributed by atoms with E-state index in [1.54, 1.807) is 0 Å². The fourth-order valence-corrected chi connectivity index (χ4v) is 9.37. The first-order valence-electron chi connectivity index (χ1n) is 20.2. The first-order chi connectivity index (χ1) is 29.3. The lowest BCUT2D eigenvalue weighted by atomic mass is 9.95. The summed E-state index contributed by atoms with van der Waals surface area (Å²) in [6, 6.07) is 78.7. The Morgan fingerprint density at radius 2 is 0.915 bits per heavy atom. The molecule has 0 unspecified atom stereocenters. The van der Waals surface area contributed by atoms with E-state index in [1.807, 2.05) is 0 Å². The quantitative estimate of drug-likeness (QED) is 0.169. The van der Waals surface area contributed by atoms with E-state index >= 15 is 0 Å². The molecule has 0 spiro atoms. The number of para-hydroxylation sites is 5. The van der Waals surface area contributed by atoms with Crippen LogP contribution in [-0.2, 0) is 0 Å². The minimum atomic E-state index is 0.875. The van der Waals surface area contributed by atoms with Gasteiger partial charge in [-0.25, -0.2) is 0 Å². The normalized spacial score (nSPS) is 11.7. The van der Waals surface area contributed by atoms with Gasteiger partial charge in [-0.15, -0.1) is 0 Å². The molecule has 2 aromatic heterocycles. The lowest BCUT2D eigenvalue weighted by molar-refractivity contribution is 0.673. The maximum absolute atomic E-state index is 6.72. The van der Waals surface area contributed by atoms with Gasteiger partial charge in [-0.2, -0.15) is 0 Å². The zero-order valence-electron chi connectivity index (χ0n) is 32.1. The van der Waals surface area contributed by atoms with Crippen LogP contribution in [0.15, 0.2) is 223 Å². The summed E-state index contributed by atoms with van der Waals surface area (Å²) >= 11 is 0. The Hall–Kier alpha value is -7.88. The van der Waals surface area contributed by atoms with Crippen LogP contribution < -0.4 is 4.90 Å². The third kappa shape index (κ3) is 5.22. The average Bonchev–Trinajstić information content (AvgIpc) is 3.86. The van der Waals surface area contributed by atoms with Crippen molar-refractivity contribution in [2.24, 2.45) is 0 Å². The number of hydrogen-bond donors (Lipinski definition) is 0.